The molecule has 1 N–H and O–H groups in total. The number of aromatic nitrogens is 1. The van der Waals surface area contributed by atoms with Crippen molar-refractivity contribution in [2.75, 3.05) is 6.61 Å². The van der Waals surface area contributed by atoms with Crippen LogP contribution < -0.4 is 0 Å². The van der Waals surface area contributed by atoms with Crippen molar-refractivity contribution in [3.8, 4) is 0 Å². The molecule has 0 aliphatic carbocycles. The number of fused-ring (bicyclic) bond motifs is 1. The quantitative estimate of drug-likeness (QED) is 0.335. The molecule has 4 heteroatoms. The molecule has 3 nitrogen and oxygen atoms in total. The molecule has 0 radical (unpaired) electrons. The van der Waals surface area contributed by atoms with Gasteiger partial charge in [0.1, 0.15) is 0 Å². The fraction of sp³-hybridized carbons (Fsp3) is 0.250. The van der Waals surface area contributed by atoms with Gasteiger partial charge < -0.3 is 9.67 Å². The summed E-state index contributed by atoms with van der Waals surface area (Å²) in [5.74, 6) is 0.0744. The number of unbranched alkanes of at least 4 members (excludes halogenated alkanes) is 2. The summed E-state index contributed by atoms with van der Waals surface area (Å²) in [6.07, 6.45) is 4.79. The average Bonchev–Trinajstić information content (AvgIpc) is 2.98. The highest BCUT2D eigenvalue weighted by Crippen LogP contribution is 2.26. The first-order valence-electron chi connectivity index (χ1n) is 8.20. The van der Waals surface area contributed by atoms with Gasteiger partial charge in [-0.1, -0.05) is 30.3 Å². The summed E-state index contributed by atoms with van der Waals surface area (Å²) in [6, 6.07) is 15.8. The van der Waals surface area contributed by atoms with E-state index in [0.717, 1.165) is 51.4 Å². The Morgan fingerprint density at radius 2 is 1.71 bits per heavy atom. The maximum atomic E-state index is 13.0. The molecule has 24 heavy (non-hydrogen) atoms. The third-order valence-electron chi connectivity index (χ3n) is 4.21. The topological polar surface area (TPSA) is 42.2 Å². The lowest BCUT2D eigenvalue weighted by Gasteiger charge is -2.04. The van der Waals surface area contributed by atoms with Crippen molar-refractivity contribution in [3.63, 3.8) is 0 Å². The number of carbonyl (C=O) groups is 1. The molecule has 0 fully saturated rings. The molecule has 0 bridgehead atoms. The summed E-state index contributed by atoms with van der Waals surface area (Å²) in [6.45, 7) is 1.10. The number of rotatable bonds is 7. The molecule has 1 heterocycles. The van der Waals surface area contributed by atoms with E-state index in [-0.39, 0.29) is 12.4 Å². The number of para-hydroxylation sites is 1. The van der Waals surface area contributed by atoms with Crippen LogP contribution in [-0.4, -0.2) is 22.1 Å². The Morgan fingerprint density at radius 1 is 0.958 bits per heavy atom. The molecule has 3 aromatic rings. The minimum Gasteiger partial charge on any atom is -0.396 e. The van der Waals surface area contributed by atoms with Crippen molar-refractivity contribution in [2.45, 2.75) is 25.8 Å². The Kier molecular flexibility index (Phi) is 5.68. The number of hydrogen-bond acceptors (Lipinski definition) is 2. The molecule has 124 valence electrons. The molecule has 0 aliphatic rings. The highest BCUT2D eigenvalue weighted by Gasteiger charge is 2.18. The molecule has 1 aromatic heterocycles. The number of carbonyl (C=O) groups excluding carboxylic acids is 1. The van der Waals surface area contributed by atoms with Gasteiger partial charge in [0.25, 0.3) is 0 Å². The van der Waals surface area contributed by atoms with Crippen LogP contribution in [0.15, 0.2) is 54.7 Å². The number of benzene rings is 2. The van der Waals surface area contributed by atoms with Crippen LogP contribution in [-0.2, 0) is 6.54 Å². The zero-order valence-electron chi connectivity index (χ0n) is 13.4. The number of aliphatic hydroxyl groups is 1. The molecule has 0 amide bonds. The van der Waals surface area contributed by atoms with Gasteiger partial charge in [0.15, 0.2) is 5.78 Å². The number of ketones is 1. The van der Waals surface area contributed by atoms with Gasteiger partial charge in [0.2, 0.25) is 0 Å². The van der Waals surface area contributed by atoms with Crippen molar-refractivity contribution in [3.05, 3.63) is 69.4 Å². The molecule has 3 rings (SSSR count). The standard InChI is InChI=1S/C20H20INO2/c21-18-10-4-2-9-16(18)20(24)17-14-22(12-6-1-7-13-23)19-11-5-3-8-15(17)19/h2-5,8-11,14,23H,1,6-7,12-13H2. The Labute approximate surface area is 155 Å². The fourth-order valence-corrected chi connectivity index (χ4v) is 3.61. The van der Waals surface area contributed by atoms with Gasteiger partial charge >= 0.3 is 0 Å². The summed E-state index contributed by atoms with van der Waals surface area (Å²) >= 11 is 2.21. The predicted molar refractivity (Wildman–Crippen MR) is 105 cm³/mol. The maximum absolute atomic E-state index is 13.0. The van der Waals surface area contributed by atoms with Crippen LogP contribution in [0.5, 0.6) is 0 Å². The second-order valence-electron chi connectivity index (χ2n) is 5.85. The monoisotopic (exact) mass is 433 g/mol. The molecule has 0 aliphatic heterocycles. The highest BCUT2D eigenvalue weighted by atomic mass is 127. The molecule has 2 aromatic carbocycles. The van der Waals surface area contributed by atoms with E-state index in [9.17, 15) is 4.79 Å². The van der Waals surface area contributed by atoms with Crippen molar-refractivity contribution >= 4 is 39.3 Å². The van der Waals surface area contributed by atoms with E-state index in [1.54, 1.807) is 0 Å². The first kappa shape index (κ1) is 17.2. The first-order valence-corrected chi connectivity index (χ1v) is 9.28. The van der Waals surface area contributed by atoms with Gasteiger partial charge in [-0.05, 0) is 60.1 Å². The lowest BCUT2D eigenvalue weighted by molar-refractivity contribution is 0.103. The fourth-order valence-electron chi connectivity index (χ4n) is 2.97. The van der Waals surface area contributed by atoms with E-state index in [4.69, 9.17) is 5.11 Å². The van der Waals surface area contributed by atoms with E-state index in [2.05, 4.69) is 33.2 Å². The molecule has 0 saturated heterocycles. The van der Waals surface area contributed by atoms with Crippen LogP contribution in [0.3, 0.4) is 0 Å². The smallest absolute Gasteiger partial charge is 0.196 e. The zero-order chi connectivity index (χ0) is 16.9. The van der Waals surface area contributed by atoms with Gasteiger partial charge in [0, 0.05) is 44.9 Å². The molecular formula is C20H20INO2. The van der Waals surface area contributed by atoms with Gasteiger partial charge in [-0.25, -0.2) is 0 Å². The SMILES string of the molecule is O=C(c1ccccc1I)c1cn(CCCCCO)c2ccccc12. The summed E-state index contributed by atoms with van der Waals surface area (Å²) in [5, 5.41) is 9.92. The van der Waals surface area contributed by atoms with Gasteiger partial charge in [-0.2, -0.15) is 0 Å². The Balaban J connectivity index is 1.96. The van der Waals surface area contributed by atoms with E-state index in [1.807, 2.05) is 48.7 Å². The largest absolute Gasteiger partial charge is 0.396 e. The van der Waals surface area contributed by atoms with Crippen molar-refractivity contribution in [2.24, 2.45) is 0 Å². The number of nitrogens with zero attached hydrogens (tertiary/aromatic N) is 1. The van der Waals surface area contributed by atoms with E-state index in [1.165, 1.54) is 0 Å². The van der Waals surface area contributed by atoms with Gasteiger partial charge in [-0.3, -0.25) is 4.79 Å². The third kappa shape index (κ3) is 3.54. The normalized spacial score (nSPS) is 11.1. The minimum absolute atomic E-state index is 0.0744. The van der Waals surface area contributed by atoms with E-state index in [0.29, 0.717) is 0 Å². The Morgan fingerprint density at radius 3 is 2.50 bits per heavy atom. The number of aliphatic hydroxyl groups excluding tert-OH is 1. The second kappa shape index (κ2) is 7.94. The average molecular weight is 433 g/mol. The molecule has 0 unspecified atom stereocenters. The Hall–Kier alpha value is -1.66. The van der Waals surface area contributed by atoms with Crippen molar-refractivity contribution in [1.29, 1.82) is 0 Å². The summed E-state index contributed by atoms with van der Waals surface area (Å²) in [5.41, 5.74) is 2.61. The van der Waals surface area contributed by atoms with Crippen LogP contribution in [0.2, 0.25) is 0 Å². The molecule has 0 spiro atoms. The molecular weight excluding hydrogens is 413 g/mol. The van der Waals surface area contributed by atoms with Gasteiger partial charge in [-0.15, -0.1) is 0 Å². The van der Waals surface area contributed by atoms with Crippen LogP contribution >= 0.6 is 22.6 Å². The first-order chi connectivity index (χ1) is 11.7. The lowest BCUT2D eigenvalue weighted by Crippen LogP contribution is -2.03. The number of halogens is 1. The maximum Gasteiger partial charge on any atom is 0.196 e. The van der Waals surface area contributed by atoms with Crippen molar-refractivity contribution in [1.82, 2.24) is 4.57 Å². The predicted octanol–water partition coefficient (Wildman–Crippen LogP) is 4.64. The Bertz CT molecular complexity index is 854. The summed E-state index contributed by atoms with van der Waals surface area (Å²) < 4.78 is 3.13. The minimum atomic E-state index is 0.0744. The van der Waals surface area contributed by atoms with Crippen LogP contribution in [0.1, 0.15) is 35.2 Å². The van der Waals surface area contributed by atoms with E-state index >= 15 is 0 Å². The zero-order valence-corrected chi connectivity index (χ0v) is 15.6. The number of hydrogen-bond donors (Lipinski definition) is 1. The van der Waals surface area contributed by atoms with E-state index < -0.39 is 0 Å². The van der Waals surface area contributed by atoms with Crippen LogP contribution in [0.25, 0.3) is 10.9 Å². The van der Waals surface area contributed by atoms with Crippen molar-refractivity contribution < 1.29 is 9.90 Å². The molecule has 0 atom stereocenters. The summed E-state index contributed by atoms with van der Waals surface area (Å²) in [4.78, 5) is 13.0. The van der Waals surface area contributed by atoms with Gasteiger partial charge in [0.05, 0.1) is 0 Å². The second-order valence-corrected chi connectivity index (χ2v) is 7.01. The number of aryl methyl sites for hydroxylation is 1. The van der Waals surface area contributed by atoms with Crippen LogP contribution in [0.4, 0.5) is 0 Å². The van der Waals surface area contributed by atoms with Crippen LogP contribution in [0, 0.1) is 3.57 Å². The third-order valence-corrected chi connectivity index (χ3v) is 5.15. The highest BCUT2D eigenvalue weighted by molar-refractivity contribution is 14.1. The molecule has 0 saturated carbocycles. The lowest BCUT2D eigenvalue weighted by atomic mass is 10.0. The summed E-state index contributed by atoms with van der Waals surface area (Å²) in [7, 11) is 0.